The molecule has 5 heteroatoms. The maximum absolute atomic E-state index is 12.2. The first kappa shape index (κ1) is 36.5. The van der Waals surface area contributed by atoms with Gasteiger partial charge in [-0.2, -0.15) is 0 Å². The van der Waals surface area contributed by atoms with Crippen molar-refractivity contribution in [2.24, 2.45) is 74.9 Å². The van der Waals surface area contributed by atoms with Crippen LogP contribution in [0.5, 0.6) is 0 Å². The summed E-state index contributed by atoms with van der Waals surface area (Å²) in [6, 6.07) is 0. The van der Waals surface area contributed by atoms with Gasteiger partial charge in [-0.3, -0.25) is 9.59 Å². The first-order valence-electron chi connectivity index (χ1n) is 19.8. The second-order valence-electron chi connectivity index (χ2n) is 19.3. The van der Waals surface area contributed by atoms with Gasteiger partial charge in [-0.05, 0) is 186 Å². The van der Waals surface area contributed by atoms with Gasteiger partial charge in [0, 0.05) is 11.8 Å². The van der Waals surface area contributed by atoms with E-state index < -0.39 is 0 Å². The van der Waals surface area contributed by atoms with Gasteiger partial charge >= 0.3 is 0 Å². The Morgan fingerprint density at radius 1 is 0.617 bits per heavy atom. The zero-order chi connectivity index (χ0) is 32.8. The van der Waals surface area contributed by atoms with Gasteiger partial charge in [0.15, 0.2) is 0 Å². The smallest absolute Gasteiger partial charge is 0.133 e. The summed E-state index contributed by atoms with van der Waals surface area (Å²) in [5.41, 5.74) is 2.85. The number of halogens is 1. The molecule has 0 heterocycles. The second kappa shape index (κ2) is 13.1. The van der Waals surface area contributed by atoms with Crippen molar-refractivity contribution in [2.45, 2.75) is 163 Å². The van der Waals surface area contributed by atoms with E-state index in [1.54, 1.807) is 5.57 Å². The van der Waals surface area contributed by atoms with Crippen molar-refractivity contribution in [3.63, 3.8) is 0 Å². The molecule has 8 aliphatic carbocycles. The van der Waals surface area contributed by atoms with Gasteiger partial charge in [0.25, 0.3) is 0 Å². The number of fused-ring (bicyclic) bond motifs is 10. The summed E-state index contributed by atoms with van der Waals surface area (Å²) in [7, 11) is 0. The lowest BCUT2D eigenvalue weighted by molar-refractivity contribution is -0.138. The zero-order valence-electron chi connectivity index (χ0n) is 30.6. The van der Waals surface area contributed by atoms with Crippen LogP contribution >= 0.6 is 24.0 Å². The maximum atomic E-state index is 12.2. The molecule has 8 rings (SSSR count). The number of hydrogen-bond acceptors (Lipinski definition) is 4. The van der Waals surface area contributed by atoms with E-state index in [0.717, 1.165) is 86.4 Å². The van der Waals surface area contributed by atoms with Crippen LogP contribution in [0.4, 0.5) is 0 Å². The molecule has 6 unspecified atom stereocenters. The summed E-state index contributed by atoms with van der Waals surface area (Å²) >= 11 is 0. The number of rotatable bonds is 2. The number of Topliss-reactive ketones (excluding diaryl/α,β-unsaturated/α-hetero) is 2. The predicted molar refractivity (Wildman–Crippen MR) is 199 cm³/mol. The van der Waals surface area contributed by atoms with E-state index in [1.807, 2.05) is 13.8 Å². The minimum atomic E-state index is -0.117. The molecule has 4 nitrogen and oxygen atoms in total. The molecule has 0 aromatic rings. The van der Waals surface area contributed by atoms with Gasteiger partial charge in [0.05, 0.1) is 12.2 Å². The van der Waals surface area contributed by atoms with Crippen molar-refractivity contribution in [1.82, 2.24) is 0 Å². The van der Waals surface area contributed by atoms with Crippen molar-refractivity contribution in [2.75, 3.05) is 0 Å². The van der Waals surface area contributed by atoms with Crippen LogP contribution < -0.4 is 0 Å². The molecule has 47 heavy (non-hydrogen) atoms. The summed E-state index contributed by atoms with van der Waals surface area (Å²) in [6.45, 7) is 13.5. The fourth-order valence-corrected chi connectivity index (χ4v) is 15.2. The van der Waals surface area contributed by atoms with E-state index in [-0.39, 0.29) is 47.0 Å². The molecule has 0 bridgehead atoms. The Morgan fingerprint density at radius 2 is 1.15 bits per heavy atom. The van der Waals surface area contributed by atoms with E-state index in [1.165, 1.54) is 64.2 Å². The fourth-order valence-electron chi connectivity index (χ4n) is 15.2. The van der Waals surface area contributed by atoms with Gasteiger partial charge in [0.2, 0.25) is 0 Å². The molecular weight excluding hydrogens is 695 g/mol. The van der Waals surface area contributed by atoms with Crippen LogP contribution in [0.3, 0.4) is 0 Å². The predicted octanol–water partition coefficient (Wildman–Crippen LogP) is 9.73. The second-order valence-corrected chi connectivity index (χ2v) is 19.3. The molecule has 266 valence electrons. The molecule has 0 saturated heterocycles. The first-order valence-corrected chi connectivity index (χ1v) is 19.8. The third-order valence-corrected chi connectivity index (χ3v) is 17.7. The van der Waals surface area contributed by atoms with E-state index in [0.29, 0.717) is 34.2 Å². The molecular formula is C42H67IO4. The molecule has 7 fully saturated rings. The minimum absolute atomic E-state index is 0. The standard InChI is InChI=1S/C21H34O2.C21H32O2.HI/c2*1-13(22)17-6-7-18-16-5-4-14-12-15(23)8-10-20(14,2)19(16)9-11-21(17,18)3;/h14-19,23H,4-12H2,1-3H3;4,15-19,23H,5-12H2,1-3H3;1H/t14-,15-,16?,17+,18?,19?,20-,21+;15-,16?,17+,18?,19?,20-,21+;/m00./s1. The first-order chi connectivity index (χ1) is 21.7. The number of hydrogen-bond donors (Lipinski definition) is 2. The molecule has 0 aromatic carbocycles. The number of carbonyl (C=O) groups is 2. The monoisotopic (exact) mass is 762 g/mol. The molecule has 0 radical (unpaired) electrons. The van der Waals surface area contributed by atoms with Gasteiger partial charge < -0.3 is 10.2 Å². The Bertz CT molecular complexity index is 1240. The Hall–Kier alpha value is -0.270. The maximum Gasteiger partial charge on any atom is 0.133 e. The molecule has 15 atom stereocenters. The molecule has 0 aromatic heterocycles. The molecule has 8 aliphatic rings. The Kier molecular flexibility index (Phi) is 10.1. The lowest BCUT2D eigenvalue weighted by Gasteiger charge is -2.60. The van der Waals surface area contributed by atoms with Crippen LogP contribution in [-0.4, -0.2) is 34.0 Å². The Balaban J connectivity index is 0.000000161. The fraction of sp³-hybridized carbons (Fsp3) is 0.905. The van der Waals surface area contributed by atoms with Gasteiger partial charge in [0.1, 0.15) is 11.6 Å². The summed E-state index contributed by atoms with van der Waals surface area (Å²) in [5, 5.41) is 20.2. The number of carbonyl (C=O) groups excluding carboxylic acids is 2. The zero-order valence-corrected chi connectivity index (χ0v) is 32.9. The van der Waals surface area contributed by atoms with E-state index in [9.17, 15) is 19.8 Å². The van der Waals surface area contributed by atoms with E-state index >= 15 is 0 Å². The van der Waals surface area contributed by atoms with Crippen LogP contribution in [0.1, 0.15) is 151 Å². The van der Waals surface area contributed by atoms with Crippen molar-refractivity contribution < 1.29 is 19.8 Å². The van der Waals surface area contributed by atoms with Crippen molar-refractivity contribution in [3.8, 4) is 0 Å². The SMILES string of the molecule is CC(=O)[C@H]1CCC2C3CC=C4C[C@@H](O)CC[C@]4(C)C3CC[C@@]21C.CC(=O)[C@H]1CCC2C3CC[C@H]4C[C@@H](O)CC[C@]4(C)C3CC[C@@]21C.I. The molecule has 7 saturated carbocycles. The molecule has 0 aliphatic heterocycles. The highest BCUT2D eigenvalue weighted by Crippen LogP contribution is 2.68. The largest absolute Gasteiger partial charge is 0.393 e. The average Bonchev–Trinajstić information content (AvgIpc) is 3.55. The summed E-state index contributed by atoms with van der Waals surface area (Å²) in [4.78, 5) is 24.3. The summed E-state index contributed by atoms with van der Waals surface area (Å²) in [6.07, 6.45) is 22.3. The molecule has 0 spiro atoms. The highest BCUT2D eigenvalue weighted by atomic mass is 127. The van der Waals surface area contributed by atoms with Crippen molar-refractivity contribution in [1.29, 1.82) is 0 Å². The summed E-state index contributed by atoms with van der Waals surface area (Å²) in [5.74, 6) is 6.97. The average molecular weight is 763 g/mol. The van der Waals surface area contributed by atoms with Gasteiger partial charge in [-0.1, -0.05) is 39.3 Å². The van der Waals surface area contributed by atoms with Crippen LogP contribution in [0.2, 0.25) is 0 Å². The number of allylic oxidation sites excluding steroid dienone is 1. The van der Waals surface area contributed by atoms with Crippen LogP contribution in [0.15, 0.2) is 11.6 Å². The van der Waals surface area contributed by atoms with Crippen LogP contribution in [0, 0.1) is 74.9 Å². The van der Waals surface area contributed by atoms with E-state index in [2.05, 4.69) is 33.8 Å². The number of aliphatic hydroxyl groups excluding tert-OH is 2. The highest BCUT2D eigenvalue weighted by molar-refractivity contribution is 14.0. The number of ketones is 2. The summed E-state index contributed by atoms with van der Waals surface area (Å²) < 4.78 is 0. The normalized spacial score (nSPS) is 52.8. The Morgan fingerprint density at radius 3 is 1.77 bits per heavy atom. The lowest BCUT2D eigenvalue weighted by Crippen LogP contribution is -2.54. The highest BCUT2D eigenvalue weighted by Gasteiger charge is 2.61. The topological polar surface area (TPSA) is 74.6 Å². The van der Waals surface area contributed by atoms with Crippen LogP contribution in [-0.2, 0) is 9.59 Å². The third-order valence-electron chi connectivity index (χ3n) is 17.7. The number of aliphatic hydroxyl groups is 2. The quantitative estimate of drug-likeness (QED) is 0.217. The van der Waals surface area contributed by atoms with Crippen molar-refractivity contribution >= 4 is 35.5 Å². The molecule has 2 N–H and O–H groups in total. The minimum Gasteiger partial charge on any atom is -0.393 e. The van der Waals surface area contributed by atoms with E-state index in [4.69, 9.17) is 0 Å². The van der Waals surface area contributed by atoms with Gasteiger partial charge in [-0.15, -0.1) is 24.0 Å². The molecule has 0 amide bonds. The Labute approximate surface area is 303 Å². The van der Waals surface area contributed by atoms with Crippen LogP contribution in [0.25, 0.3) is 0 Å². The van der Waals surface area contributed by atoms with Gasteiger partial charge in [-0.25, -0.2) is 0 Å². The lowest BCUT2D eigenvalue weighted by atomic mass is 9.44. The third kappa shape index (κ3) is 5.71. The van der Waals surface area contributed by atoms with Crippen molar-refractivity contribution in [3.05, 3.63) is 11.6 Å².